The first-order valence-electron chi connectivity index (χ1n) is 15.9. The van der Waals surface area contributed by atoms with E-state index in [0.717, 1.165) is 18.4 Å². The van der Waals surface area contributed by atoms with Crippen molar-refractivity contribution in [3.05, 3.63) is 71.7 Å². The SMILES string of the molecule is CCOC(=O)N1CCN(C(=O)C(CCC(=O)O)NC(=O)c2cc(OCC(=O)N3CCC[C@H]3c3ccc(F)cc3)c3ccccc3n2)CC1. The Balaban J connectivity index is 1.30. The van der Waals surface area contributed by atoms with E-state index in [1.54, 1.807) is 48.2 Å². The number of hydrogen-bond donors (Lipinski definition) is 2. The van der Waals surface area contributed by atoms with Crippen molar-refractivity contribution in [1.29, 1.82) is 0 Å². The molecule has 0 bridgehead atoms. The molecule has 2 saturated heterocycles. The van der Waals surface area contributed by atoms with Crippen LogP contribution in [0.2, 0.25) is 0 Å². The third-order valence-electron chi connectivity index (χ3n) is 8.46. The predicted molar refractivity (Wildman–Crippen MR) is 171 cm³/mol. The first-order chi connectivity index (χ1) is 23.1. The lowest BCUT2D eigenvalue weighted by Crippen LogP contribution is -2.56. The van der Waals surface area contributed by atoms with Crippen molar-refractivity contribution >= 4 is 40.7 Å². The second-order valence-corrected chi connectivity index (χ2v) is 11.6. The minimum atomic E-state index is -1.17. The number of carbonyl (C=O) groups excluding carboxylic acids is 4. The fourth-order valence-corrected chi connectivity index (χ4v) is 6.00. The summed E-state index contributed by atoms with van der Waals surface area (Å²) in [5.41, 5.74) is 1.17. The Morgan fingerprint density at radius 3 is 2.42 bits per heavy atom. The second-order valence-electron chi connectivity index (χ2n) is 11.6. The molecule has 14 heteroatoms. The summed E-state index contributed by atoms with van der Waals surface area (Å²) in [6.07, 6.45) is 0.530. The normalized spacial score (nSPS) is 16.8. The quantitative estimate of drug-likeness (QED) is 0.314. The zero-order valence-corrected chi connectivity index (χ0v) is 26.6. The molecule has 48 heavy (non-hydrogen) atoms. The van der Waals surface area contributed by atoms with E-state index >= 15 is 0 Å². The van der Waals surface area contributed by atoms with Crippen LogP contribution in [0.1, 0.15) is 54.7 Å². The highest BCUT2D eigenvalue weighted by Gasteiger charge is 2.32. The van der Waals surface area contributed by atoms with Crippen LogP contribution in [0.3, 0.4) is 0 Å². The van der Waals surface area contributed by atoms with E-state index in [-0.39, 0.29) is 81.4 Å². The van der Waals surface area contributed by atoms with Gasteiger partial charge in [0.25, 0.3) is 11.8 Å². The number of fused-ring (bicyclic) bond motifs is 1. The largest absolute Gasteiger partial charge is 0.483 e. The Kier molecular flexibility index (Phi) is 11.0. The van der Waals surface area contributed by atoms with Gasteiger partial charge in [-0.15, -0.1) is 0 Å². The molecular formula is C34H38FN5O8. The van der Waals surface area contributed by atoms with Crippen LogP contribution in [0, 0.1) is 5.82 Å². The Morgan fingerprint density at radius 2 is 1.71 bits per heavy atom. The number of hydrogen-bond acceptors (Lipinski definition) is 8. The van der Waals surface area contributed by atoms with Crippen LogP contribution in [-0.2, 0) is 19.1 Å². The van der Waals surface area contributed by atoms with Gasteiger partial charge in [0.1, 0.15) is 23.3 Å². The van der Waals surface area contributed by atoms with Gasteiger partial charge >= 0.3 is 12.1 Å². The molecule has 3 aromatic rings. The number of carboxylic acids is 1. The number of nitrogens with zero attached hydrogens (tertiary/aromatic N) is 4. The van der Waals surface area contributed by atoms with Gasteiger partial charge in [0.05, 0.1) is 18.2 Å². The van der Waals surface area contributed by atoms with Crippen LogP contribution in [0.5, 0.6) is 5.75 Å². The third-order valence-corrected chi connectivity index (χ3v) is 8.46. The Hall–Kier alpha value is -5.27. The molecule has 2 aliphatic rings. The average molecular weight is 664 g/mol. The highest BCUT2D eigenvalue weighted by atomic mass is 19.1. The number of para-hydroxylation sites is 1. The second kappa shape index (κ2) is 15.5. The number of benzene rings is 2. The molecule has 0 aliphatic carbocycles. The van der Waals surface area contributed by atoms with Crippen molar-refractivity contribution in [2.24, 2.45) is 0 Å². The number of ether oxygens (including phenoxy) is 2. The molecule has 3 heterocycles. The van der Waals surface area contributed by atoms with Crippen molar-refractivity contribution in [1.82, 2.24) is 25.0 Å². The van der Waals surface area contributed by atoms with E-state index in [1.165, 1.54) is 28.0 Å². The first kappa shape index (κ1) is 34.1. The average Bonchev–Trinajstić information content (AvgIpc) is 3.59. The number of likely N-dealkylation sites (tertiary alicyclic amines) is 1. The molecule has 2 N–H and O–H groups in total. The van der Waals surface area contributed by atoms with Crippen LogP contribution < -0.4 is 10.1 Å². The van der Waals surface area contributed by atoms with Gasteiger partial charge in [-0.25, -0.2) is 14.2 Å². The molecule has 0 spiro atoms. The van der Waals surface area contributed by atoms with Crippen molar-refractivity contribution in [3.63, 3.8) is 0 Å². The lowest BCUT2D eigenvalue weighted by molar-refractivity contribution is -0.138. The maximum Gasteiger partial charge on any atom is 0.409 e. The molecule has 2 aromatic carbocycles. The number of aromatic nitrogens is 1. The van der Waals surface area contributed by atoms with Gasteiger partial charge in [-0.05, 0) is 56.0 Å². The van der Waals surface area contributed by atoms with Crippen LogP contribution in [-0.4, -0.2) is 107 Å². The zero-order chi connectivity index (χ0) is 34.2. The summed E-state index contributed by atoms with van der Waals surface area (Å²) in [6.45, 7) is 2.99. The van der Waals surface area contributed by atoms with Crippen molar-refractivity contribution in [2.45, 2.75) is 44.7 Å². The molecule has 1 unspecified atom stereocenters. The van der Waals surface area contributed by atoms with Crippen LogP contribution in [0.25, 0.3) is 10.9 Å². The number of nitrogens with one attached hydrogen (secondary N) is 1. The van der Waals surface area contributed by atoms with Crippen molar-refractivity contribution in [2.75, 3.05) is 45.9 Å². The van der Waals surface area contributed by atoms with Gasteiger partial charge in [-0.2, -0.15) is 0 Å². The Labute approximate surface area is 276 Å². The topological polar surface area (TPSA) is 159 Å². The summed E-state index contributed by atoms with van der Waals surface area (Å²) in [7, 11) is 0. The smallest absolute Gasteiger partial charge is 0.409 e. The maximum atomic E-state index is 13.5. The van der Waals surface area contributed by atoms with Crippen LogP contribution >= 0.6 is 0 Å². The molecule has 2 aliphatic heterocycles. The molecule has 0 radical (unpaired) electrons. The van der Waals surface area contributed by atoms with Crippen LogP contribution in [0.15, 0.2) is 54.6 Å². The number of carboxylic acid groups (broad SMARTS) is 1. The fraction of sp³-hybridized carbons (Fsp3) is 0.412. The number of pyridine rings is 1. The summed E-state index contributed by atoms with van der Waals surface area (Å²) in [4.78, 5) is 72.9. The molecule has 4 amide bonds. The number of amides is 4. The van der Waals surface area contributed by atoms with E-state index < -0.39 is 29.9 Å². The van der Waals surface area contributed by atoms with Gasteiger partial charge in [0.2, 0.25) is 5.91 Å². The van der Waals surface area contributed by atoms with E-state index in [9.17, 15) is 33.5 Å². The summed E-state index contributed by atoms with van der Waals surface area (Å²) in [5.74, 6) is -2.71. The van der Waals surface area contributed by atoms with Crippen molar-refractivity contribution in [3.8, 4) is 5.75 Å². The van der Waals surface area contributed by atoms with Gasteiger partial charge < -0.3 is 34.6 Å². The van der Waals surface area contributed by atoms with E-state index in [2.05, 4.69) is 10.3 Å². The van der Waals surface area contributed by atoms with Gasteiger partial charge in [0, 0.05) is 50.6 Å². The fourth-order valence-electron chi connectivity index (χ4n) is 6.00. The molecule has 1 aromatic heterocycles. The first-order valence-corrected chi connectivity index (χ1v) is 15.9. The van der Waals surface area contributed by atoms with Gasteiger partial charge in [-0.3, -0.25) is 19.2 Å². The molecule has 5 rings (SSSR count). The highest BCUT2D eigenvalue weighted by molar-refractivity contribution is 5.99. The molecule has 0 saturated carbocycles. The molecule has 13 nitrogen and oxygen atoms in total. The minimum absolute atomic E-state index is 0.0817. The highest BCUT2D eigenvalue weighted by Crippen LogP contribution is 2.32. The predicted octanol–water partition coefficient (Wildman–Crippen LogP) is 3.38. The molecule has 2 atom stereocenters. The summed E-state index contributed by atoms with van der Waals surface area (Å²) in [6, 6.07) is 13.0. The lowest BCUT2D eigenvalue weighted by Gasteiger charge is -2.35. The minimum Gasteiger partial charge on any atom is -0.483 e. The number of carbonyl (C=O) groups is 5. The molecule has 254 valence electrons. The maximum absolute atomic E-state index is 13.5. The molecule has 2 fully saturated rings. The van der Waals surface area contributed by atoms with E-state index in [1.807, 2.05) is 0 Å². The standard InChI is InChI=1S/C34H38FN5O8/c1-2-47-34(46)39-18-16-38(17-19-39)33(45)26(13-14-31(42)43)37-32(44)27-20-29(24-6-3-4-7-25(24)36-27)48-21-30(41)40-15-5-8-28(40)22-9-11-23(35)12-10-22/h3-4,6-7,9-12,20,26,28H,2,5,8,13-19,21H2,1H3,(H,37,44)(H,42,43)/t26?,28-/m0/s1. The van der Waals surface area contributed by atoms with Gasteiger partial charge in [-0.1, -0.05) is 24.3 Å². The number of aliphatic carboxylic acids is 1. The lowest BCUT2D eigenvalue weighted by atomic mass is 10.0. The Morgan fingerprint density at radius 1 is 1.00 bits per heavy atom. The monoisotopic (exact) mass is 663 g/mol. The summed E-state index contributed by atoms with van der Waals surface area (Å²) >= 11 is 0. The van der Waals surface area contributed by atoms with E-state index in [0.29, 0.717) is 17.4 Å². The van der Waals surface area contributed by atoms with Crippen molar-refractivity contribution < 1.29 is 42.9 Å². The summed E-state index contributed by atoms with van der Waals surface area (Å²) in [5, 5.41) is 12.5. The zero-order valence-electron chi connectivity index (χ0n) is 26.6. The number of piperazine rings is 1. The summed E-state index contributed by atoms with van der Waals surface area (Å²) < 4.78 is 24.5. The van der Waals surface area contributed by atoms with Gasteiger partial charge in [0.15, 0.2) is 6.61 Å². The molecular weight excluding hydrogens is 625 g/mol. The van der Waals surface area contributed by atoms with E-state index in [4.69, 9.17) is 9.47 Å². The number of halogens is 1. The third kappa shape index (κ3) is 8.17. The number of rotatable bonds is 11. The Bertz CT molecular complexity index is 1660. The van der Waals surface area contributed by atoms with Crippen LogP contribution in [0.4, 0.5) is 9.18 Å².